The molecule has 7 heteroatoms. The van der Waals surface area contributed by atoms with Crippen molar-refractivity contribution in [3.8, 4) is 17.2 Å². The summed E-state index contributed by atoms with van der Waals surface area (Å²) in [5, 5.41) is 6.19. The van der Waals surface area contributed by atoms with E-state index >= 15 is 0 Å². The van der Waals surface area contributed by atoms with Gasteiger partial charge in [-0.2, -0.15) is 0 Å². The number of rotatable bonds is 6. The molecule has 0 aliphatic carbocycles. The molecule has 0 aromatic heterocycles. The molecule has 1 aliphatic heterocycles. The summed E-state index contributed by atoms with van der Waals surface area (Å²) in [5.74, 6) is 1.24. The Kier molecular flexibility index (Phi) is 5.85. The van der Waals surface area contributed by atoms with Crippen LogP contribution >= 0.6 is 0 Å². The van der Waals surface area contributed by atoms with Gasteiger partial charge >= 0.3 is 0 Å². The van der Waals surface area contributed by atoms with Crippen molar-refractivity contribution < 1.29 is 19.0 Å². The van der Waals surface area contributed by atoms with Gasteiger partial charge in [-0.15, -0.1) is 0 Å². The van der Waals surface area contributed by atoms with E-state index in [4.69, 9.17) is 14.2 Å². The highest BCUT2D eigenvalue weighted by Crippen LogP contribution is 2.38. The van der Waals surface area contributed by atoms with E-state index in [0.717, 1.165) is 26.2 Å². The number of hydrogen-bond donors (Lipinski definition) is 2. The number of piperazine rings is 1. The Bertz CT molecular complexity index is 491. The number of ether oxygens (including phenoxy) is 3. The highest BCUT2D eigenvalue weighted by Gasteiger charge is 2.17. The maximum absolute atomic E-state index is 12.3. The third kappa shape index (κ3) is 3.80. The van der Waals surface area contributed by atoms with Crippen LogP contribution in [0.3, 0.4) is 0 Å². The first-order valence-electron chi connectivity index (χ1n) is 7.21. The van der Waals surface area contributed by atoms with Crippen molar-refractivity contribution in [2.75, 3.05) is 54.2 Å². The summed E-state index contributed by atoms with van der Waals surface area (Å²) in [7, 11) is 4.59. The van der Waals surface area contributed by atoms with E-state index in [1.165, 1.54) is 21.3 Å². The van der Waals surface area contributed by atoms with Gasteiger partial charge in [0, 0.05) is 31.7 Å². The minimum absolute atomic E-state index is 0.169. The molecule has 0 radical (unpaired) electrons. The van der Waals surface area contributed by atoms with Gasteiger partial charge in [0.25, 0.3) is 5.91 Å². The molecular formula is C15H23N3O4. The lowest BCUT2D eigenvalue weighted by Gasteiger charge is -2.27. The molecule has 1 aromatic carbocycles. The van der Waals surface area contributed by atoms with Gasteiger partial charge in [0.15, 0.2) is 11.5 Å². The van der Waals surface area contributed by atoms with Crippen LogP contribution in [0.5, 0.6) is 17.2 Å². The molecule has 0 atom stereocenters. The van der Waals surface area contributed by atoms with Crippen molar-refractivity contribution in [1.82, 2.24) is 15.5 Å². The normalized spacial score (nSPS) is 15.2. The van der Waals surface area contributed by atoms with Crippen LogP contribution in [0.2, 0.25) is 0 Å². The number of amides is 1. The van der Waals surface area contributed by atoms with Crippen molar-refractivity contribution in [3.05, 3.63) is 17.7 Å². The lowest BCUT2D eigenvalue weighted by atomic mass is 10.1. The molecule has 1 saturated heterocycles. The van der Waals surface area contributed by atoms with E-state index in [1.807, 2.05) is 0 Å². The minimum Gasteiger partial charge on any atom is -0.493 e. The van der Waals surface area contributed by atoms with Gasteiger partial charge in [0.2, 0.25) is 5.75 Å². The largest absolute Gasteiger partial charge is 0.493 e. The fraction of sp³-hybridized carbons (Fsp3) is 0.533. The first-order chi connectivity index (χ1) is 10.7. The average molecular weight is 309 g/mol. The number of hydrogen-bond acceptors (Lipinski definition) is 6. The van der Waals surface area contributed by atoms with Crippen LogP contribution in [-0.4, -0.2) is 65.0 Å². The van der Waals surface area contributed by atoms with Gasteiger partial charge in [-0.25, -0.2) is 0 Å². The Hall–Kier alpha value is -1.99. The predicted octanol–water partition coefficient (Wildman–Crippen LogP) is 0.305. The van der Waals surface area contributed by atoms with Crippen molar-refractivity contribution >= 4 is 5.91 Å². The monoisotopic (exact) mass is 309 g/mol. The number of nitrogens with one attached hydrogen (secondary N) is 2. The van der Waals surface area contributed by atoms with Crippen LogP contribution in [-0.2, 0) is 0 Å². The molecule has 122 valence electrons. The lowest BCUT2D eigenvalue weighted by molar-refractivity contribution is 0.0916. The van der Waals surface area contributed by atoms with E-state index in [1.54, 1.807) is 12.1 Å². The Morgan fingerprint density at radius 2 is 1.73 bits per heavy atom. The summed E-state index contributed by atoms with van der Waals surface area (Å²) in [4.78, 5) is 14.5. The Balaban J connectivity index is 2.08. The molecule has 1 aromatic rings. The summed E-state index contributed by atoms with van der Waals surface area (Å²) in [5.41, 5.74) is 0.477. The van der Waals surface area contributed by atoms with Crippen molar-refractivity contribution in [1.29, 1.82) is 0 Å². The van der Waals surface area contributed by atoms with Gasteiger partial charge in [0.05, 0.1) is 28.0 Å². The summed E-state index contributed by atoms with van der Waals surface area (Å²) >= 11 is 0. The molecule has 1 fully saturated rings. The van der Waals surface area contributed by atoms with Crippen molar-refractivity contribution in [3.63, 3.8) is 0 Å². The Morgan fingerprint density at radius 1 is 1.14 bits per heavy atom. The first kappa shape index (κ1) is 16.4. The maximum Gasteiger partial charge on any atom is 0.252 e. The molecule has 2 rings (SSSR count). The zero-order valence-corrected chi connectivity index (χ0v) is 13.3. The van der Waals surface area contributed by atoms with Crippen LogP contribution in [0.15, 0.2) is 12.1 Å². The number of methoxy groups -OCH3 is 3. The molecule has 0 spiro atoms. The van der Waals surface area contributed by atoms with E-state index in [0.29, 0.717) is 29.5 Å². The van der Waals surface area contributed by atoms with Gasteiger partial charge in [-0.05, 0) is 12.1 Å². The van der Waals surface area contributed by atoms with Crippen LogP contribution in [0, 0.1) is 0 Å². The highest BCUT2D eigenvalue weighted by molar-refractivity contribution is 5.95. The second kappa shape index (κ2) is 7.86. The zero-order chi connectivity index (χ0) is 15.9. The summed E-state index contributed by atoms with van der Waals surface area (Å²) in [6.07, 6.45) is 0. The predicted molar refractivity (Wildman–Crippen MR) is 82.9 cm³/mol. The molecule has 2 N–H and O–H groups in total. The Labute approximate surface area is 130 Å². The number of benzene rings is 1. The molecule has 0 unspecified atom stereocenters. The quantitative estimate of drug-likeness (QED) is 0.788. The van der Waals surface area contributed by atoms with Crippen molar-refractivity contribution in [2.45, 2.75) is 0 Å². The van der Waals surface area contributed by atoms with E-state index in [2.05, 4.69) is 15.5 Å². The SMILES string of the molecule is COc1cc(C(=O)NCN2CCNCC2)cc(OC)c1OC. The third-order valence-corrected chi connectivity index (χ3v) is 3.60. The van der Waals surface area contributed by atoms with Crippen LogP contribution in [0.1, 0.15) is 10.4 Å². The van der Waals surface area contributed by atoms with E-state index < -0.39 is 0 Å². The second-order valence-corrected chi connectivity index (χ2v) is 4.95. The highest BCUT2D eigenvalue weighted by atomic mass is 16.5. The topological polar surface area (TPSA) is 72.1 Å². The molecule has 22 heavy (non-hydrogen) atoms. The smallest absolute Gasteiger partial charge is 0.252 e. The second-order valence-electron chi connectivity index (χ2n) is 4.95. The minimum atomic E-state index is -0.169. The molecule has 0 bridgehead atoms. The fourth-order valence-corrected chi connectivity index (χ4v) is 2.37. The Morgan fingerprint density at radius 3 is 2.23 bits per heavy atom. The van der Waals surface area contributed by atoms with Crippen molar-refractivity contribution in [2.24, 2.45) is 0 Å². The molecule has 0 saturated carbocycles. The standard InChI is InChI=1S/C15H23N3O4/c1-20-12-8-11(9-13(21-2)14(12)22-3)15(19)17-10-18-6-4-16-5-7-18/h8-9,16H,4-7,10H2,1-3H3,(H,17,19). The average Bonchev–Trinajstić information content (AvgIpc) is 2.59. The van der Waals surface area contributed by atoms with Crippen LogP contribution in [0.25, 0.3) is 0 Å². The first-order valence-corrected chi connectivity index (χ1v) is 7.21. The summed E-state index contributed by atoms with van der Waals surface area (Å²) in [6.45, 7) is 4.27. The van der Waals surface area contributed by atoms with Gasteiger partial charge in [0.1, 0.15) is 0 Å². The maximum atomic E-state index is 12.3. The van der Waals surface area contributed by atoms with E-state index in [9.17, 15) is 4.79 Å². The van der Waals surface area contributed by atoms with Crippen LogP contribution < -0.4 is 24.8 Å². The van der Waals surface area contributed by atoms with Crippen LogP contribution in [0.4, 0.5) is 0 Å². The molecule has 1 aliphatic rings. The van der Waals surface area contributed by atoms with Gasteiger partial charge < -0.3 is 24.8 Å². The molecule has 7 nitrogen and oxygen atoms in total. The number of nitrogens with zero attached hydrogens (tertiary/aromatic N) is 1. The summed E-state index contributed by atoms with van der Waals surface area (Å²) < 4.78 is 15.8. The number of carbonyl (C=O) groups is 1. The zero-order valence-electron chi connectivity index (χ0n) is 13.3. The molecule has 1 amide bonds. The van der Waals surface area contributed by atoms with Gasteiger partial charge in [-0.1, -0.05) is 0 Å². The summed E-state index contributed by atoms with van der Waals surface area (Å²) in [6, 6.07) is 3.29. The fourth-order valence-electron chi connectivity index (χ4n) is 2.37. The molecular weight excluding hydrogens is 286 g/mol. The lowest BCUT2D eigenvalue weighted by Crippen LogP contribution is -2.48. The molecule has 1 heterocycles. The number of carbonyl (C=O) groups excluding carboxylic acids is 1. The van der Waals surface area contributed by atoms with E-state index in [-0.39, 0.29) is 5.91 Å². The van der Waals surface area contributed by atoms with Gasteiger partial charge in [-0.3, -0.25) is 9.69 Å². The third-order valence-electron chi connectivity index (χ3n) is 3.60.